The second-order valence-corrected chi connectivity index (χ2v) is 5.69. The Kier molecular flexibility index (Phi) is 5.23. The third-order valence-corrected chi connectivity index (χ3v) is 3.93. The van der Waals surface area contributed by atoms with Gasteiger partial charge in [-0.3, -0.25) is 9.69 Å². The van der Waals surface area contributed by atoms with Gasteiger partial charge in [-0.1, -0.05) is 6.07 Å². The lowest BCUT2D eigenvalue weighted by Gasteiger charge is -2.21. The predicted octanol–water partition coefficient (Wildman–Crippen LogP) is 3.45. The molecular weight excluding hydrogens is 345 g/mol. The molecule has 0 aliphatic carbocycles. The van der Waals surface area contributed by atoms with Crippen molar-refractivity contribution in [3.63, 3.8) is 0 Å². The summed E-state index contributed by atoms with van der Waals surface area (Å²) in [6.45, 7) is 0.148. The second-order valence-electron chi connectivity index (χ2n) is 4.85. The fourth-order valence-corrected chi connectivity index (χ4v) is 2.72. The summed E-state index contributed by atoms with van der Waals surface area (Å²) in [5, 5.41) is 1.50. The SMILES string of the molecule is COC(=O)c1cccc(C(=O)N(CC(F)(F)F)c2nc(C)cs2)c1. The Morgan fingerprint density at radius 3 is 2.50 bits per heavy atom. The molecule has 0 bridgehead atoms. The van der Waals surface area contributed by atoms with Gasteiger partial charge in [0.25, 0.3) is 5.91 Å². The Hall–Kier alpha value is -2.42. The third kappa shape index (κ3) is 4.31. The minimum atomic E-state index is -4.59. The van der Waals surface area contributed by atoms with Crippen molar-refractivity contribution >= 4 is 28.3 Å². The highest BCUT2D eigenvalue weighted by molar-refractivity contribution is 7.14. The average molecular weight is 358 g/mol. The number of amides is 1. The van der Waals surface area contributed by atoms with E-state index in [1.807, 2.05) is 0 Å². The molecule has 0 aliphatic rings. The van der Waals surface area contributed by atoms with Gasteiger partial charge in [-0.05, 0) is 25.1 Å². The molecule has 1 amide bonds. The summed E-state index contributed by atoms with van der Waals surface area (Å²) in [7, 11) is 1.17. The lowest BCUT2D eigenvalue weighted by Crippen LogP contribution is -2.39. The van der Waals surface area contributed by atoms with Crippen LogP contribution in [0.5, 0.6) is 0 Å². The van der Waals surface area contributed by atoms with E-state index >= 15 is 0 Å². The molecular formula is C15H13F3N2O3S. The van der Waals surface area contributed by atoms with Crippen molar-refractivity contribution < 1.29 is 27.5 Å². The number of carbonyl (C=O) groups excluding carboxylic acids is 2. The van der Waals surface area contributed by atoms with Crippen LogP contribution < -0.4 is 4.90 Å². The van der Waals surface area contributed by atoms with Crippen molar-refractivity contribution in [1.82, 2.24) is 4.98 Å². The molecule has 0 aliphatic heterocycles. The number of alkyl halides is 3. The van der Waals surface area contributed by atoms with Crippen LogP contribution in [-0.4, -0.2) is 36.7 Å². The number of hydrogen-bond donors (Lipinski definition) is 0. The summed E-state index contributed by atoms with van der Waals surface area (Å²) in [5.41, 5.74) is 0.527. The minimum Gasteiger partial charge on any atom is -0.465 e. The summed E-state index contributed by atoms with van der Waals surface area (Å²) < 4.78 is 43.1. The van der Waals surface area contributed by atoms with Crippen LogP contribution in [0.3, 0.4) is 0 Å². The number of carbonyl (C=O) groups is 2. The molecule has 0 N–H and O–H groups in total. The highest BCUT2D eigenvalue weighted by Crippen LogP contribution is 2.27. The van der Waals surface area contributed by atoms with Gasteiger partial charge in [-0.25, -0.2) is 9.78 Å². The minimum absolute atomic E-state index is 0.0571. The molecule has 24 heavy (non-hydrogen) atoms. The fourth-order valence-electron chi connectivity index (χ4n) is 1.92. The lowest BCUT2D eigenvalue weighted by atomic mass is 10.1. The number of rotatable bonds is 4. The van der Waals surface area contributed by atoms with Crippen LogP contribution in [0.15, 0.2) is 29.6 Å². The molecule has 1 aromatic heterocycles. The summed E-state index contributed by atoms with van der Waals surface area (Å²) in [5.74, 6) is -1.58. The van der Waals surface area contributed by atoms with Crippen molar-refractivity contribution in [2.75, 3.05) is 18.6 Å². The number of anilines is 1. The number of thiazole rings is 1. The smallest absolute Gasteiger partial charge is 0.406 e. The molecule has 2 rings (SSSR count). The van der Waals surface area contributed by atoms with E-state index in [0.29, 0.717) is 10.6 Å². The second kappa shape index (κ2) is 7.00. The third-order valence-electron chi connectivity index (χ3n) is 2.95. The predicted molar refractivity (Wildman–Crippen MR) is 82.4 cm³/mol. The van der Waals surface area contributed by atoms with Crippen molar-refractivity contribution in [3.05, 3.63) is 46.5 Å². The van der Waals surface area contributed by atoms with Gasteiger partial charge in [0.15, 0.2) is 5.13 Å². The first kappa shape index (κ1) is 17.9. The number of ether oxygens (including phenoxy) is 1. The summed E-state index contributed by atoms with van der Waals surface area (Å²) in [6.07, 6.45) is -4.59. The number of benzene rings is 1. The van der Waals surface area contributed by atoms with Crippen molar-refractivity contribution in [2.45, 2.75) is 13.1 Å². The number of methoxy groups -OCH3 is 1. The first-order valence-corrected chi connectivity index (χ1v) is 7.58. The van der Waals surface area contributed by atoms with Gasteiger partial charge >= 0.3 is 12.1 Å². The van der Waals surface area contributed by atoms with Crippen LogP contribution in [0.2, 0.25) is 0 Å². The summed E-state index contributed by atoms with van der Waals surface area (Å²) >= 11 is 0.939. The highest BCUT2D eigenvalue weighted by Gasteiger charge is 2.35. The van der Waals surface area contributed by atoms with E-state index in [0.717, 1.165) is 11.3 Å². The lowest BCUT2D eigenvalue weighted by molar-refractivity contribution is -0.118. The molecule has 1 aromatic carbocycles. The van der Waals surface area contributed by atoms with E-state index in [9.17, 15) is 22.8 Å². The van der Waals surface area contributed by atoms with Gasteiger partial charge in [0.1, 0.15) is 6.54 Å². The number of aromatic nitrogens is 1. The van der Waals surface area contributed by atoms with E-state index in [-0.39, 0.29) is 16.3 Å². The van der Waals surface area contributed by atoms with Gasteiger partial charge in [0, 0.05) is 10.9 Å². The van der Waals surface area contributed by atoms with Gasteiger partial charge < -0.3 is 4.74 Å². The van der Waals surface area contributed by atoms with E-state index in [1.54, 1.807) is 12.3 Å². The highest BCUT2D eigenvalue weighted by atomic mass is 32.1. The fraction of sp³-hybridized carbons (Fsp3) is 0.267. The van der Waals surface area contributed by atoms with Gasteiger partial charge in [-0.2, -0.15) is 13.2 Å². The quantitative estimate of drug-likeness (QED) is 0.786. The Morgan fingerprint density at radius 1 is 1.29 bits per heavy atom. The van der Waals surface area contributed by atoms with E-state index in [4.69, 9.17) is 0 Å². The molecule has 1 heterocycles. The molecule has 0 fully saturated rings. The normalized spacial score (nSPS) is 11.2. The Morgan fingerprint density at radius 2 is 1.96 bits per heavy atom. The van der Waals surface area contributed by atoms with Crippen molar-refractivity contribution in [1.29, 1.82) is 0 Å². The van der Waals surface area contributed by atoms with Crippen molar-refractivity contribution in [3.8, 4) is 0 Å². The maximum atomic E-state index is 12.8. The van der Waals surface area contributed by atoms with E-state index in [1.165, 1.54) is 31.4 Å². The average Bonchev–Trinajstić information content (AvgIpc) is 2.96. The zero-order valence-corrected chi connectivity index (χ0v) is 13.6. The molecule has 0 unspecified atom stereocenters. The number of halogens is 3. The maximum absolute atomic E-state index is 12.8. The summed E-state index contributed by atoms with van der Waals surface area (Å²) in [6, 6.07) is 5.33. The molecule has 0 saturated carbocycles. The molecule has 0 spiro atoms. The Bertz CT molecular complexity index is 758. The van der Waals surface area contributed by atoms with Gasteiger partial charge in [-0.15, -0.1) is 11.3 Å². The first-order valence-electron chi connectivity index (χ1n) is 6.70. The monoisotopic (exact) mass is 358 g/mol. The topological polar surface area (TPSA) is 59.5 Å². The Balaban J connectivity index is 2.39. The van der Waals surface area contributed by atoms with Crippen LogP contribution in [0.4, 0.5) is 18.3 Å². The molecule has 128 valence electrons. The molecule has 2 aromatic rings. The zero-order chi connectivity index (χ0) is 17.9. The van der Waals surface area contributed by atoms with Crippen LogP contribution in [0.25, 0.3) is 0 Å². The number of hydrogen-bond acceptors (Lipinski definition) is 5. The van der Waals surface area contributed by atoms with Gasteiger partial charge in [0.05, 0.1) is 18.4 Å². The molecule has 9 heteroatoms. The van der Waals surface area contributed by atoms with Crippen LogP contribution in [0, 0.1) is 6.92 Å². The van der Waals surface area contributed by atoms with Crippen LogP contribution in [0.1, 0.15) is 26.4 Å². The molecule has 0 atom stereocenters. The van der Waals surface area contributed by atoms with Crippen LogP contribution in [-0.2, 0) is 4.74 Å². The molecule has 0 saturated heterocycles. The van der Waals surface area contributed by atoms with Crippen molar-refractivity contribution in [2.24, 2.45) is 0 Å². The number of aryl methyl sites for hydroxylation is 1. The number of nitrogens with zero attached hydrogens (tertiary/aromatic N) is 2. The first-order chi connectivity index (χ1) is 11.2. The van der Waals surface area contributed by atoms with Crippen LogP contribution >= 0.6 is 11.3 Å². The van der Waals surface area contributed by atoms with E-state index < -0.39 is 24.6 Å². The zero-order valence-electron chi connectivity index (χ0n) is 12.8. The molecule has 5 nitrogen and oxygen atoms in total. The standard InChI is InChI=1S/C15H13F3N2O3S/c1-9-7-24-14(19-9)20(8-15(16,17)18)12(21)10-4-3-5-11(6-10)13(22)23-2/h3-7H,8H2,1-2H3. The maximum Gasteiger partial charge on any atom is 0.406 e. The number of esters is 1. The van der Waals surface area contributed by atoms with E-state index in [2.05, 4.69) is 9.72 Å². The largest absolute Gasteiger partial charge is 0.465 e. The summed E-state index contributed by atoms with van der Waals surface area (Å²) in [4.78, 5) is 28.6. The van der Waals surface area contributed by atoms with Gasteiger partial charge in [0.2, 0.25) is 0 Å². The Labute approximate surface area is 139 Å². The molecule has 0 radical (unpaired) electrons.